The van der Waals surface area contributed by atoms with Crippen molar-refractivity contribution in [3.63, 3.8) is 0 Å². The molecule has 3 aromatic carbocycles. The molecule has 1 N–H and O–H groups in total. The summed E-state index contributed by atoms with van der Waals surface area (Å²) in [7, 11) is 0. The summed E-state index contributed by atoms with van der Waals surface area (Å²) in [6.45, 7) is 0.542. The number of thiazole rings is 1. The molecular formula is C21H16BrN3OS. The SMILES string of the molecule is Brc1ccc(COc2ccc(/C=N\Nc3nc4ccccc4s3)cc2)cc1. The smallest absolute Gasteiger partial charge is 0.204 e. The van der Waals surface area contributed by atoms with Crippen LogP contribution in [0.1, 0.15) is 11.1 Å². The standard InChI is InChI=1S/C21H16BrN3OS/c22-17-9-5-16(6-10-17)14-26-18-11-7-15(8-12-18)13-23-25-21-24-19-3-1-2-4-20(19)27-21/h1-13H,14H2,(H,24,25)/b23-13-. The van der Waals surface area contributed by atoms with Crippen molar-refractivity contribution in [1.82, 2.24) is 4.98 Å². The summed E-state index contributed by atoms with van der Waals surface area (Å²) in [5.74, 6) is 0.828. The molecule has 4 nitrogen and oxygen atoms in total. The fourth-order valence-corrected chi connectivity index (χ4v) is 3.56. The number of anilines is 1. The van der Waals surface area contributed by atoms with Crippen molar-refractivity contribution in [3.8, 4) is 5.75 Å². The molecule has 0 atom stereocenters. The van der Waals surface area contributed by atoms with Gasteiger partial charge in [0.05, 0.1) is 16.4 Å². The Kier molecular flexibility index (Phi) is 5.46. The molecule has 0 radical (unpaired) electrons. The van der Waals surface area contributed by atoms with Gasteiger partial charge in [-0.2, -0.15) is 5.10 Å². The van der Waals surface area contributed by atoms with Crippen LogP contribution >= 0.6 is 27.3 Å². The Morgan fingerprint density at radius 3 is 2.56 bits per heavy atom. The molecule has 0 saturated carbocycles. The van der Waals surface area contributed by atoms with E-state index in [1.54, 1.807) is 17.6 Å². The second-order valence-corrected chi connectivity index (χ2v) is 7.79. The third kappa shape index (κ3) is 4.72. The van der Waals surface area contributed by atoms with Crippen LogP contribution in [-0.4, -0.2) is 11.2 Å². The van der Waals surface area contributed by atoms with Crippen molar-refractivity contribution in [1.29, 1.82) is 0 Å². The molecule has 0 aliphatic carbocycles. The molecule has 0 saturated heterocycles. The van der Waals surface area contributed by atoms with E-state index in [1.165, 1.54) is 0 Å². The molecule has 0 unspecified atom stereocenters. The number of fused-ring (bicyclic) bond motifs is 1. The Labute approximate surface area is 169 Å². The summed E-state index contributed by atoms with van der Waals surface area (Å²) in [5.41, 5.74) is 6.08. The van der Waals surface area contributed by atoms with E-state index in [2.05, 4.69) is 37.5 Å². The summed E-state index contributed by atoms with van der Waals surface area (Å²) in [6, 6.07) is 24.0. The van der Waals surface area contributed by atoms with E-state index in [9.17, 15) is 0 Å². The largest absolute Gasteiger partial charge is 0.489 e. The lowest BCUT2D eigenvalue weighted by Crippen LogP contribution is -1.95. The normalized spacial score (nSPS) is 11.1. The number of para-hydroxylation sites is 1. The predicted molar refractivity (Wildman–Crippen MR) is 116 cm³/mol. The zero-order chi connectivity index (χ0) is 18.5. The first kappa shape index (κ1) is 17.7. The van der Waals surface area contributed by atoms with Crippen molar-refractivity contribution in [3.05, 3.63) is 88.4 Å². The summed E-state index contributed by atoms with van der Waals surface area (Å²) < 4.78 is 8.02. The molecule has 134 valence electrons. The van der Waals surface area contributed by atoms with Gasteiger partial charge in [-0.1, -0.05) is 51.5 Å². The molecule has 4 rings (SSSR count). The van der Waals surface area contributed by atoms with Crippen LogP contribution in [0.4, 0.5) is 5.13 Å². The van der Waals surface area contributed by atoms with Crippen LogP contribution in [0.3, 0.4) is 0 Å². The average Bonchev–Trinajstić information content (AvgIpc) is 3.11. The highest BCUT2D eigenvalue weighted by Gasteiger charge is 2.01. The third-order valence-corrected chi connectivity index (χ3v) is 5.34. The summed E-state index contributed by atoms with van der Waals surface area (Å²) >= 11 is 5.01. The van der Waals surface area contributed by atoms with Crippen molar-refractivity contribution in [2.24, 2.45) is 5.10 Å². The molecule has 0 fully saturated rings. The van der Waals surface area contributed by atoms with Gasteiger partial charge in [0.1, 0.15) is 12.4 Å². The highest BCUT2D eigenvalue weighted by atomic mass is 79.9. The Morgan fingerprint density at radius 1 is 1.00 bits per heavy atom. The lowest BCUT2D eigenvalue weighted by atomic mass is 10.2. The van der Waals surface area contributed by atoms with Gasteiger partial charge in [0.25, 0.3) is 0 Å². The van der Waals surface area contributed by atoms with E-state index >= 15 is 0 Å². The number of ether oxygens (including phenoxy) is 1. The number of hydrazone groups is 1. The maximum Gasteiger partial charge on any atom is 0.204 e. The van der Waals surface area contributed by atoms with Gasteiger partial charge >= 0.3 is 0 Å². The van der Waals surface area contributed by atoms with E-state index in [1.807, 2.05) is 66.7 Å². The van der Waals surface area contributed by atoms with Crippen LogP contribution < -0.4 is 10.2 Å². The molecule has 0 bridgehead atoms. The minimum Gasteiger partial charge on any atom is -0.489 e. The Hall–Kier alpha value is -2.70. The molecule has 0 aliphatic rings. The second kappa shape index (κ2) is 8.33. The van der Waals surface area contributed by atoms with E-state index in [4.69, 9.17) is 4.74 Å². The molecule has 6 heteroatoms. The number of hydrogen-bond acceptors (Lipinski definition) is 5. The number of aromatic nitrogens is 1. The first-order valence-electron chi connectivity index (χ1n) is 8.38. The topological polar surface area (TPSA) is 46.5 Å². The number of nitrogens with one attached hydrogen (secondary N) is 1. The van der Waals surface area contributed by atoms with Crippen LogP contribution in [0.25, 0.3) is 10.2 Å². The Morgan fingerprint density at radius 2 is 1.78 bits per heavy atom. The third-order valence-electron chi connectivity index (χ3n) is 3.87. The minimum absolute atomic E-state index is 0.542. The Bertz CT molecular complexity index is 1030. The quantitative estimate of drug-likeness (QED) is 0.293. The lowest BCUT2D eigenvalue weighted by molar-refractivity contribution is 0.306. The van der Waals surface area contributed by atoms with Crippen molar-refractivity contribution in [2.45, 2.75) is 6.61 Å². The van der Waals surface area contributed by atoms with Crippen molar-refractivity contribution < 1.29 is 4.74 Å². The van der Waals surface area contributed by atoms with Gasteiger partial charge in [0, 0.05) is 4.47 Å². The summed E-state index contributed by atoms with van der Waals surface area (Å²) in [6.07, 6.45) is 1.77. The second-order valence-electron chi connectivity index (χ2n) is 5.84. The number of nitrogens with zero attached hydrogens (tertiary/aromatic N) is 2. The van der Waals surface area contributed by atoms with Crippen LogP contribution in [0.15, 0.2) is 82.4 Å². The monoisotopic (exact) mass is 437 g/mol. The van der Waals surface area contributed by atoms with Crippen molar-refractivity contribution >= 4 is 48.8 Å². The first-order chi connectivity index (χ1) is 13.3. The summed E-state index contributed by atoms with van der Waals surface area (Å²) in [5, 5.41) is 5.05. The van der Waals surface area contributed by atoms with Crippen LogP contribution in [0, 0.1) is 0 Å². The number of hydrogen-bond donors (Lipinski definition) is 1. The number of halogens is 1. The van der Waals surface area contributed by atoms with E-state index in [0.717, 1.165) is 36.7 Å². The maximum absolute atomic E-state index is 5.81. The zero-order valence-corrected chi connectivity index (χ0v) is 16.7. The van der Waals surface area contributed by atoms with Gasteiger partial charge in [-0.25, -0.2) is 4.98 Å². The van der Waals surface area contributed by atoms with Crippen LogP contribution in [-0.2, 0) is 6.61 Å². The number of rotatable bonds is 6. The highest BCUT2D eigenvalue weighted by molar-refractivity contribution is 9.10. The fourth-order valence-electron chi connectivity index (χ4n) is 2.48. The number of benzene rings is 3. The van der Waals surface area contributed by atoms with Gasteiger partial charge in [0.2, 0.25) is 5.13 Å². The van der Waals surface area contributed by atoms with Crippen LogP contribution in [0.5, 0.6) is 5.75 Å². The lowest BCUT2D eigenvalue weighted by Gasteiger charge is -2.06. The molecule has 4 aromatic rings. The molecule has 1 aromatic heterocycles. The van der Waals surface area contributed by atoms with Gasteiger partial charge in [-0.15, -0.1) is 0 Å². The Balaban J connectivity index is 1.33. The van der Waals surface area contributed by atoms with Gasteiger partial charge < -0.3 is 4.74 Å². The molecule has 0 spiro atoms. The minimum atomic E-state index is 0.542. The van der Waals surface area contributed by atoms with Crippen LogP contribution in [0.2, 0.25) is 0 Å². The molecule has 1 heterocycles. The van der Waals surface area contributed by atoms with Crippen molar-refractivity contribution in [2.75, 3.05) is 5.43 Å². The first-order valence-corrected chi connectivity index (χ1v) is 9.99. The van der Waals surface area contributed by atoms with E-state index in [-0.39, 0.29) is 0 Å². The molecular weight excluding hydrogens is 422 g/mol. The molecule has 0 aliphatic heterocycles. The predicted octanol–water partition coefficient (Wildman–Crippen LogP) is 6.08. The van der Waals surface area contributed by atoms with Gasteiger partial charge in [0.15, 0.2) is 0 Å². The maximum atomic E-state index is 5.81. The highest BCUT2D eigenvalue weighted by Crippen LogP contribution is 2.25. The summed E-state index contributed by atoms with van der Waals surface area (Å²) in [4.78, 5) is 4.49. The van der Waals surface area contributed by atoms with Gasteiger partial charge in [-0.05, 0) is 59.7 Å². The average molecular weight is 438 g/mol. The molecule has 27 heavy (non-hydrogen) atoms. The fraction of sp³-hybridized carbons (Fsp3) is 0.0476. The van der Waals surface area contributed by atoms with Gasteiger partial charge in [-0.3, -0.25) is 5.43 Å². The zero-order valence-electron chi connectivity index (χ0n) is 14.3. The van der Waals surface area contributed by atoms with E-state index in [0.29, 0.717) is 6.61 Å². The molecule has 0 amide bonds. The van der Waals surface area contributed by atoms with E-state index < -0.39 is 0 Å².